The molecule has 2 atom stereocenters. The van der Waals surface area contributed by atoms with E-state index in [1.807, 2.05) is 4.90 Å². The number of hydrogen-bond donors (Lipinski definition) is 2. The third-order valence-corrected chi connectivity index (χ3v) is 4.75. The Kier molecular flexibility index (Phi) is 6.68. The molecule has 0 aromatic rings. The molecular weight excluding hydrogens is 278 g/mol. The Hall–Kier alpha value is -1.10. The second kappa shape index (κ2) is 8.51. The van der Waals surface area contributed by atoms with Crippen LogP contribution >= 0.6 is 0 Å². The first-order valence-corrected chi connectivity index (χ1v) is 8.85. The summed E-state index contributed by atoms with van der Waals surface area (Å²) in [6.45, 7) is 7.63. The Labute approximate surface area is 134 Å². The number of nitrogens with one attached hydrogen (secondary N) is 2. The quantitative estimate of drug-likeness (QED) is 0.782. The van der Waals surface area contributed by atoms with E-state index in [9.17, 15) is 9.59 Å². The molecule has 0 radical (unpaired) electrons. The number of carbonyl (C=O) groups is 2. The molecule has 0 spiro atoms. The molecule has 22 heavy (non-hydrogen) atoms. The molecule has 2 N–H and O–H groups in total. The van der Waals surface area contributed by atoms with Crippen molar-refractivity contribution < 1.29 is 9.59 Å². The van der Waals surface area contributed by atoms with Crippen LogP contribution in [-0.4, -0.2) is 48.9 Å². The number of hydrogen-bond acceptors (Lipinski definition) is 3. The highest BCUT2D eigenvalue weighted by Gasteiger charge is 2.26. The van der Waals surface area contributed by atoms with Gasteiger partial charge in [0, 0.05) is 26.1 Å². The van der Waals surface area contributed by atoms with Crippen molar-refractivity contribution in [3.05, 3.63) is 0 Å². The van der Waals surface area contributed by atoms with Gasteiger partial charge in [0.15, 0.2) is 0 Å². The molecule has 0 saturated carbocycles. The lowest BCUT2D eigenvalue weighted by molar-refractivity contribution is -0.133. The molecule has 0 bridgehead atoms. The molecule has 5 heteroatoms. The van der Waals surface area contributed by atoms with E-state index in [4.69, 9.17) is 0 Å². The summed E-state index contributed by atoms with van der Waals surface area (Å²) in [5.41, 5.74) is 0. The van der Waals surface area contributed by atoms with Gasteiger partial charge in [-0.05, 0) is 50.5 Å². The zero-order valence-electron chi connectivity index (χ0n) is 14.1. The molecule has 2 rings (SSSR count). The normalized spacial score (nSPS) is 25.5. The predicted molar refractivity (Wildman–Crippen MR) is 87.4 cm³/mol. The predicted octanol–water partition coefficient (Wildman–Crippen LogP) is 1.53. The molecule has 2 aliphatic heterocycles. The third kappa shape index (κ3) is 5.27. The lowest BCUT2D eigenvalue weighted by Gasteiger charge is -2.33. The van der Waals surface area contributed by atoms with Gasteiger partial charge in [-0.2, -0.15) is 0 Å². The van der Waals surface area contributed by atoms with E-state index < -0.39 is 0 Å². The van der Waals surface area contributed by atoms with E-state index in [2.05, 4.69) is 24.5 Å². The smallest absolute Gasteiger partial charge is 0.237 e. The average molecular weight is 309 g/mol. The minimum atomic E-state index is -0.00707. The van der Waals surface area contributed by atoms with Gasteiger partial charge in [-0.3, -0.25) is 9.59 Å². The molecule has 0 aliphatic carbocycles. The summed E-state index contributed by atoms with van der Waals surface area (Å²) in [4.78, 5) is 26.2. The number of rotatable bonds is 6. The van der Waals surface area contributed by atoms with Crippen molar-refractivity contribution in [1.82, 2.24) is 15.5 Å². The Morgan fingerprint density at radius 2 is 2.09 bits per heavy atom. The second-order valence-electron chi connectivity index (χ2n) is 7.17. The molecule has 2 aliphatic rings. The van der Waals surface area contributed by atoms with Crippen molar-refractivity contribution in [3.8, 4) is 0 Å². The molecule has 2 heterocycles. The summed E-state index contributed by atoms with van der Waals surface area (Å²) < 4.78 is 0. The van der Waals surface area contributed by atoms with Crippen molar-refractivity contribution in [2.24, 2.45) is 11.8 Å². The van der Waals surface area contributed by atoms with Crippen LogP contribution in [0.3, 0.4) is 0 Å². The first kappa shape index (κ1) is 17.3. The van der Waals surface area contributed by atoms with Gasteiger partial charge in [0.1, 0.15) is 0 Å². The van der Waals surface area contributed by atoms with Crippen LogP contribution in [0.25, 0.3) is 0 Å². The number of likely N-dealkylation sites (tertiary alicyclic amines) is 1. The summed E-state index contributed by atoms with van der Waals surface area (Å²) in [6.07, 6.45) is 5.80. The molecule has 126 valence electrons. The van der Waals surface area contributed by atoms with E-state index in [1.54, 1.807) is 0 Å². The summed E-state index contributed by atoms with van der Waals surface area (Å²) in [6, 6.07) is -0.00707. The number of carbonyl (C=O) groups excluding carboxylic acids is 2. The number of piperidine rings is 1. The summed E-state index contributed by atoms with van der Waals surface area (Å²) >= 11 is 0. The topological polar surface area (TPSA) is 61.4 Å². The SMILES string of the molecule is CC(C)CCC(=O)N1CCCC(CNC(=O)C2CCCN2)C1. The average Bonchev–Trinajstić information content (AvgIpc) is 3.05. The largest absolute Gasteiger partial charge is 0.354 e. The van der Waals surface area contributed by atoms with E-state index in [0.29, 0.717) is 24.8 Å². The van der Waals surface area contributed by atoms with Crippen LogP contribution < -0.4 is 10.6 Å². The Balaban J connectivity index is 1.70. The van der Waals surface area contributed by atoms with Crippen LogP contribution in [0, 0.1) is 11.8 Å². The summed E-state index contributed by atoms with van der Waals surface area (Å²) in [5.74, 6) is 1.38. The van der Waals surface area contributed by atoms with Gasteiger partial charge in [-0.1, -0.05) is 13.8 Å². The maximum Gasteiger partial charge on any atom is 0.237 e. The molecule has 2 unspecified atom stereocenters. The first-order valence-electron chi connectivity index (χ1n) is 8.85. The van der Waals surface area contributed by atoms with Crippen LogP contribution in [0.2, 0.25) is 0 Å². The Morgan fingerprint density at radius 3 is 2.77 bits per heavy atom. The minimum Gasteiger partial charge on any atom is -0.354 e. The molecular formula is C17H31N3O2. The molecule has 0 aromatic carbocycles. The van der Waals surface area contributed by atoms with Gasteiger partial charge in [0.25, 0.3) is 0 Å². The Bertz CT molecular complexity index is 378. The highest BCUT2D eigenvalue weighted by molar-refractivity contribution is 5.82. The van der Waals surface area contributed by atoms with Crippen molar-refractivity contribution >= 4 is 11.8 Å². The standard InChI is InChI=1S/C17H31N3O2/c1-13(2)7-8-16(21)20-10-4-5-14(12-20)11-19-17(22)15-6-3-9-18-15/h13-15,18H,3-12H2,1-2H3,(H,19,22). The van der Waals surface area contributed by atoms with E-state index in [0.717, 1.165) is 51.7 Å². The van der Waals surface area contributed by atoms with Gasteiger partial charge in [0.05, 0.1) is 6.04 Å². The van der Waals surface area contributed by atoms with E-state index >= 15 is 0 Å². The van der Waals surface area contributed by atoms with Gasteiger partial charge >= 0.3 is 0 Å². The van der Waals surface area contributed by atoms with Crippen molar-refractivity contribution in [1.29, 1.82) is 0 Å². The van der Waals surface area contributed by atoms with Crippen LogP contribution in [0.4, 0.5) is 0 Å². The van der Waals surface area contributed by atoms with Gasteiger partial charge < -0.3 is 15.5 Å². The third-order valence-electron chi connectivity index (χ3n) is 4.75. The molecule has 2 saturated heterocycles. The van der Waals surface area contributed by atoms with E-state index in [-0.39, 0.29) is 17.9 Å². The lowest BCUT2D eigenvalue weighted by Crippen LogP contribution is -2.46. The second-order valence-corrected chi connectivity index (χ2v) is 7.17. The van der Waals surface area contributed by atoms with Crippen molar-refractivity contribution in [3.63, 3.8) is 0 Å². The highest BCUT2D eigenvalue weighted by Crippen LogP contribution is 2.18. The summed E-state index contributed by atoms with van der Waals surface area (Å²) in [7, 11) is 0. The highest BCUT2D eigenvalue weighted by atomic mass is 16.2. The molecule has 2 amide bonds. The molecule has 2 fully saturated rings. The fraction of sp³-hybridized carbons (Fsp3) is 0.882. The minimum absolute atomic E-state index is 0.00707. The van der Waals surface area contributed by atoms with Crippen LogP contribution in [0.15, 0.2) is 0 Å². The van der Waals surface area contributed by atoms with Crippen LogP contribution in [0.1, 0.15) is 52.4 Å². The fourth-order valence-corrected chi connectivity index (χ4v) is 3.30. The Morgan fingerprint density at radius 1 is 1.27 bits per heavy atom. The van der Waals surface area contributed by atoms with Crippen molar-refractivity contribution in [2.45, 2.75) is 58.4 Å². The maximum absolute atomic E-state index is 12.2. The van der Waals surface area contributed by atoms with Gasteiger partial charge in [0.2, 0.25) is 11.8 Å². The summed E-state index contributed by atoms with van der Waals surface area (Å²) in [5, 5.41) is 6.29. The number of nitrogens with zero attached hydrogens (tertiary/aromatic N) is 1. The van der Waals surface area contributed by atoms with Crippen LogP contribution in [0.5, 0.6) is 0 Å². The number of amides is 2. The van der Waals surface area contributed by atoms with Gasteiger partial charge in [-0.25, -0.2) is 0 Å². The zero-order valence-corrected chi connectivity index (χ0v) is 14.1. The zero-order chi connectivity index (χ0) is 15.9. The van der Waals surface area contributed by atoms with Crippen LogP contribution in [-0.2, 0) is 9.59 Å². The lowest BCUT2D eigenvalue weighted by atomic mass is 9.97. The maximum atomic E-state index is 12.2. The molecule has 5 nitrogen and oxygen atoms in total. The monoisotopic (exact) mass is 309 g/mol. The fourth-order valence-electron chi connectivity index (χ4n) is 3.30. The van der Waals surface area contributed by atoms with E-state index in [1.165, 1.54) is 0 Å². The molecule has 0 aromatic heterocycles. The van der Waals surface area contributed by atoms with Crippen molar-refractivity contribution in [2.75, 3.05) is 26.2 Å². The van der Waals surface area contributed by atoms with Gasteiger partial charge in [-0.15, -0.1) is 0 Å². The first-order chi connectivity index (χ1) is 10.6.